The van der Waals surface area contributed by atoms with Crippen LogP contribution in [0.1, 0.15) is 44.1 Å². The number of carbonyl (C=O) groups is 2. The van der Waals surface area contributed by atoms with Crippen molar-refractivity contribution in [1.82, 2.24) is 5.32 Å². The second-order valence-electron chi connectivity index (χ2n) is 5.72. The third-order valence-electron chi connectivity index (χ3n) is 4.40. The topological polar surface area (TPSA) is 75.6 Å². The highest BCUT2D eigenvalue weighted by Crippen LogP contribution is 2.28. The first-order chi connectivity index (χ1) is 10.6. The highest BCUT2D eigenvalue weighted by atomic mass is 16.5. The number of hydrogen-bond donors (Lipinski definition) is 2. The van der Waals surface area contributed by atoms with Crippen molar-refractivity contribution in [2.75, 3.05) is 7.11 Å². The Morgan fingerprint density at radius 2 is 2.00 bits per heavy atom. The molecule has 1 saturated carbocycles. The number of rotatable bonds is 6. The molecule has 1 amide bonds. The first-order valence-electron chi connectivity index (χ1n) is 7.74. The van der Waals surface area contributed by atoms with Crippen molar-refractivity contribution in [3.05, 3.63) is 29.8 Å². The molecule has 0 bridgehead atoms. The maximum atomic E-state index is 12.5. The lowest BCUT2D eigenvalue weighted by Gasteiger charge is -2.22. The lowest BCUT2D eigenvalue weighted by Crippen LogP contribution is -2.42. The zero-order valence-corrected chi connectivity index (χ0v) is 13.0. The summed E-state index contributed by atoms with van der Waals surface area (Å²) >= 11 is 0. The molecule has 0 spiro atoms. The van der Waals surface area contributed by atoms with Gasteiger partial charge in [-0.05, 0) is 37.0 Å². The molecule has 22 heavy (non-hydrogen) atoms. The third-order valence-corrected chi connectivity index (χ3v) is 4.40. The molecule has 5 heteroatoms. The maximum Gasteiger partial charge on any atom is 0.308 e. The largest absolute Gasteiger partial charge is 0.497 e. The molecule has 3 atom stereocenters. The van der Waals surface area contributed by atoms with Crippen LogP contribution in [0.2, 0.25) is 0 Å². The van der Waals surface area contributed by atoms with Crippen LogP contribution in [0, 0.1) is 5.92 Å². The van der Waals surface area contributed by atoms with E-state index in [1.54, 1.807) is 7.11 Å². The van der Waals surface area contributed by atoms with Crippen LogP contribution in [-0.2, 0) is 9.59 Å². The Morgan fingerprint density at radius 3 is 2.55 bits per heavy atom. The molecule has 1 fully saturated rings. The zero-order chi connectivity index (χ0) is 16.1. The van der Waals surface area contributed by atoms with Gasteiger partial charge in [0.2, 0.25) is 5.91 Å². The predicted octanol–water partition coefficient (Wildman–Crippen LogP) is 2.56. The summed E-state index contributed by atoms with van der Waals surface area (Å²) in [7, 11) is 1.60. The van der Waals surface area contributed by atoms with E-state index >= 15 is 0 Å². The summed E-state index contributed by atoms with van der Waals surface area (Å²) in [4.78, 5) is 23.7. The van der Waals surface area contributed by atoms with E-state index in [-0.39, 0.29) is 17.9 Å². The molecule has 1 aliphatic rings. The number of benzene rings is 1. The van der Waals surface area contributed by atoms with Gasteiger partial charge in [0, 0.05) is 6.04 Å². The van der Waals surface area contributed by atoms with Crippen molar-refractivity contribution in [3.63, 3.8) is 0 Å². The van der Waals surface area contributed by atoms with Gasteiger partial charge in [-0.15, -0.1) is 0 Å². The molecule has 1 aliphatic carbocycles. The summed E-state index contributed by atoms with van der Waals surface area (Å²) in [6, 6.07) is 7.19. The van der Waals surface area contributed by atoms with Gasteiger partial charge in [-0.1, -0.05) is 25.5 Å². The molecule has 2 rings (SSSR count). The Labute approximate surface area is 130 Å². The monoisotopic (exact) mass is 305 g/mol. The van der Waals surface area contributed by atoms with E-state index in [4.69, 9.17) is 4.74 Å². The van der Waals surface area contributed by atoms with Crippen LogP contribution >= 0.6 is 0 Å². The van der Waals surface area contributed by atoms with Gasteiger partial charge in [0.15, 0.2) is 0 Å². The molecule has 1 unspecified atom stereocenters. The normalized spacial score (nSPS) is 22.1. The van der Waals surface area contributed by atoms with Crippen LogP contribution in [0.5, 0.6) is 5.75 Å². The van der Waals surface area contributed by atoms with Gasteiger partial charge in [0.25, 0.3) is 0 Å². The second-order valence-corrected chi connectivity index (χ2v) is 5.72. The van der Waals surface area contributed by atoms with E-state index in [1.165, 1.54) is 0 Å². The molecule has 0 aromatic heterocycles. The van der Waals surface area contributed by atoms with E-state index in [2.05, 4.69) is 5.32 Å². The fraction of sp³-hybridized carbons (Fsp3) is 0.529. The Hall–Kier alpha value is -2.04. The lowest BCUT2D eigenvalue weighted by atomic mass is 9.94. The van der Waals surface area contributed by atoms with Crippen LogP contribution in [0.25, 0.3) is 0 Å². The van der Waals surface area contributed by atoms with Crippen molar-refractivity contribution < 1.29 is 19.4 Å². The molecule has 0 radical (unpaired) electrons. The third kappa shape index (κ3) is 3.59. The number of hydrogen-bond acceptors (Lipinski definition) is 3. The molecule has 1 aromatic rings. The van der Waals surface area contributed by atoms with Crippen LogP contribution in [0.3, 0.4) is 0 Å². The summed E-state index contributed by atoms with van der Waals surface area (Å²) in [5.41, 5.74) is 0.922. The van der Waals surface area contributed by atoms with Crippen LogP contribution in [0.15, 0.2) is 24.3 Å². The summed E-state index contributed by atoms with van der Waals surface area (Å²) in [6.07, 6.45) is 2.89. The number of carbonyl (C=O) groups excluding carboxylic acids is 1. The highest BCUT2D eigenvalue weighted by Gasteiger charge is 2.35. The van der Waals surface area contributed by atoms with Crippen LogP contribution in [-0.4, -0.2) is 30.1 Å². The Kier molecular flexibility index (Phi) is 5.41. The molecule has 0 saturated heterocycles. The smallest absolute Gasteiger partial charge is 0.308 e. The Morgan fingerprint density at radius 1 is 1.32 bits per heavy atom. The Balaban J connectivity index is 2.06. The number of carboxylic acid groups (broad SMARTS) is 1. The molecule has 5 nitrogen and oxygen atoms in total. The molecular weight excluding hydrogens is 282 g/mol. The van der Waals surface area contributed by atoms with Gasteiger partial charge in [0.05, 0.1) is 18.9 Å². The standard InChI is InChI=1S/C17H23NO4/c1-3-13(11-7-9-12(22-2)10-8-11)16(19)18-15-6-4-5-14(15)17(20)21/h7-10,13-15H,3-6H2,1-2H3,(H,18,19)(H,20,21)/t13?,14-,15+/m0/s1. The fourth-order valence-corrected chi connectivity index (χ4v) is 3.12. The lowest BCUT2D eigenvalue weighted by molar-refractivity contribution is -0.142. The van der Waals surface area contributed by atoms with E-state index in [9.17, 15) is 14.7 Å². The van der Waals surface area contributed by atoms with Crippen molar-refractivity contribution in [3.8, 4) is 5.75 Å². The number of amides is 1. The summed E-state index contributed by atoms with van der Waals surface area (Å²) < 4.78 is 5.13. The average molecular weight is 305 g/mol. The van der Waals surface area contributed by atoms with Gasteiger partial charge in [-0.25, -0.2) is 0 Å². The Bertz CT molecular complexity index is 526. The minimum absolute atomic E-state index is 0.0918. The van der Waals surface area contributed by atoms with Crippen molar-refractivity contribution in [2.24, 2.45) is 5.92 Å². The van der Waals surface area contributed by atoms with Gasteiger partial charge in [0.1, 0.15) is 5.75 Å². The number of ether oxygens (including phenoxy) is 1. The fourth-order valence-electron chi connectivity index (χ4n) is 3.12. The minimum Gasteiger partial charge on any atom is -0.497 e. The average Bonchev–Trinajstić information content (AvgIpc) is 2.97. The van der Waals surface area contributed by atoms with Crippen molar-refractivity contribution in [1.29, 1.82) is 0 Å². The van der Waals surface area contributed by atoms with Gasteiger partial charge in [-0.2, -0.15) is 0 Å². The highest BCUT2D eigenvalue weighted by molar-refractivity contribution is 5.84. The van der Waals surface area contributed by atoms with E-state index in [0.717, 1.165) is 24.2 Å². The van der Waals surface area contributed by atoms with E-state index in [0.29, 0.717) is 12.8 Å². The van der Waals surface area contributed by atoms with E-state index < -0.39 is 11.9 Å². The number of nitrogens with one attached hydrogen (secondary N) is 1. The first-order valence-corrected chi connectivity index (χ1v) is 7.74. The summed E-state index contributed by atoms with van der Waals surface area (Å²) in [5.74, 6) is -0.884. The van der Waals surface area contributed by atoms with Crippen LogP contribution < -0.4 is 10.1 Å². The first kappa shape index (κ1) is 16.3. The maximum absolute atomic E-state index is 12.5. The summed E-state index contributed by atoms with van der Waals surface area (Å²) in [5, 5.41) is 12.1. The molecule has 1 aromatic carbocycles. The number of carboxylic acids is 1. The van der Waals surface area contributed by atoms with Gasteiger partial charge >= 0.3 is 5.97 Å². The van der Waals surface area contributed by atoms with Crippen LogP contribution in [0.4, 0.5) is 0 Å². The molecular formula is C17H23NO4. The number of methoxy groups -OCH3 is 1. The molecule has 2 N–H and O–H groups in total. The van der Waals surface area contributed by atoms with Crippen molar-refractivity contribution >= 4 is 11.9 Å². The molecule has 0 heterocycles. The van der Waals surface area contributed by atoms with Gasteiger partial charge < -0.3 is 15.2 Å². The molecule has 120 valence electrons. The van der Waals surface area contributed by atoms with Crippen molar-refractivity contribution in [2.45, 2.75) is 44.6 Å². The predicted molar refractivity (Wildman–Crippen MR) is 82.9 cm³/mol. The second kappa shape index (κ2) is 7.29. The number of aliphatic carboxylic acids is 1. The minimum atomic E-state index is -0.819. The van der Waals surface area contributed by atoms with Gasteiger partial charge in [-0.3, -0.25) is 9.59 Å². The zero-order valence-electron chi connectivity index (χ0n) is 13.0. The summed E-state index contributed by atoms with van der Waals surface area (Å²) in [6.45, 7) is 1.96. The quantitative estimate of drug-likeness (QED) is 0.847. The van der Waals surface area contributed by atoms with E-state index in [1.807, 2.05) is 31.2 Å². The molecule has 0 aliphatic heterocycles. The SMILES string of the molecule is CCC(C(=O)N[C@@H]1CCC[C@@H]1C(=O)O)c1ccc(OC)cc1.